The van der Waals surface area contributed by atoms with Crippen LogP contribution >= 0.6 is 11.3 Å². The molecule has 2 atom stereocenters. The topological polar surface area (TPSA) is 149 Å². The lowest BCUT2D eigenvalue weighted by atomic mass is 10.1. The predicted molar refractivity (Wildman–Crippen MR) is 144 cm³/mol. The third kappa shape index (κ3) is 6.67. The van der Waals surface area contributed by atoms with E-state index in [1.54, 1.807) is 6.07 Å². The maximum Gasteiger partial charge on any atom is 0.281 e. The van der Waals surface area contributed by atoms with Crippen LogP contribution in [-0.2, 0) is 41.0 Å². The zero-order valence-corrected chi connectivity index (χ0v) is 24.1. The summed E-state index contributed by atoms with van der Waals surface area (Å²) in [7, 11) is -5.32. The lowest BCUT2D eigenvalue weighted by Crippen LogP contribution is -2.62. The molecule has 2 fully saturated rings. The molecule has 2 aliphatic heterocycles. The van der Waals surface area contributed by atoms with Crippen LogP contribution in [0.15, 0.2) is 40.6 Å². The molecule has 0 spiro atoms. The van der Waals surface area contributed by atoms with Gasteiger partial charge < -0.3 is 4.74 Å². The molecule has 15 heteroatoms. The van der Waals surface area contributed by atoms with Crippen molar-refractivity contribution >= 4 is 37.5 Å². The van der Waals surface area contributed by atoms with Gasteiger partial charge in [0.2, 0.25) is 0 Å². The second kappa shape index (κ2) is 12.4. The fourth-order valence-electron chi connectivity index (χ4n) is 4.29. The smallest absolute Gasteiger partial charge is 0.281 e. The minimum Gasteiger partial charge on any atom is -0.350 e. The van der Waals surface area contributed by atoms with Gasteiger partial charge in [0.25, 0.3) is 26.1 Å². The van der Waals surface area contributed by atoms with Gasteiger partial charge in [-0.25, -0.2) is 18.7 Å². The van der Waals surface area contributed by atoms with Crippen molar-refractivity contribution in [2.45, 2.75) is 42.2 Å². The van der Waals surface area contributed by atoms with E-state index in [0.29, 0.717) is 17.9 Å². The Balaban J connectivity index is 1.58. The number of nitrogens with zero attached hydrogens (tertiary/aromatic N) is 4. The lowest BCUT2D eigenvalue weighted by Gasteiger charge is -2.39. The molecule has 0 aliphatic carbocycles. The van der Waals surface area contributed by atoms with Crippen LogP contribution in [0.2, 0.25) is 0 Å². The van der Waals surface area contributed by atoms with E-state index < -0.39 is 38.5 Å². The molecule has 0 radical (unpaired) electrons. The van der Waals surface area contributed by atoms with E-state index >= 15 is 0 Å². The van der Waals surface area contributed by atoms with Gasteiger partial charge in [-0.15, -0.1) is 11.3 Å². The predicted octanol–water partition coefficient (Wildman–Crippen LogP) is 1.54. The lowest BCUT2D eigenvalue weighted by molar-refractivity contribution is -0.202. The van der Waals surface area contributed by atoms with E-state index in [1.165, 1.54) is 20.2 Å². The van der Waals surface area contributed by atoms with E-state index in [1.807, 2.05) is 24.3 Å². The molecule has 2 saturated heterocycles. The summed E-state index contributed by atoms with van der Waals surface area (Å²) in [5, 5.41) is 8.87. The Bertz CT molecular complexity index is 1410. The number of carbonyl (C=O) groups excluding carboxylic acids is 1. The van der Waals surface area contributed by atoms with Crippen molar-refractivity contribution < 1.29 is 31.2 Å². The average Bonchev–Trinajstić information content (AvgIpc) is 3.44. The van der Waals surface area contributed by atoms with Gasteiger partial charge in [0.1, 0.15) is 10.3 Å². The van der Waals surface area contributed by atoms with E-state index in [0.717, 1.165) is 48.2 Å². The van der Waals surface area contributed by atoms with Crippen LogP contribution in [-0.4, -0.2) is 88.3 Å². The van der Waals surface area contributed by atoms with Gasteiger partial charge in [-0.2, -0.15) is 26.6 Å². The van der Waals surface area contributed by atoms with Crippen LogP contribution in [0.1, 0.15) is 24.8 Å². The molecule has 212 valence electrons. The number of amides is 1. The van der Waals surface area contributed by atoms with Crippen LogP contribution in [0, 0.1) is 11.3 Å². The molecule has 0 bridgehead atoms. The van der Waals surface area contributed by atoms with Crippen molar-refractivity contribution in [3.63, 3.8) is 0 Å². The second-order valence-electron chi connectivity index (χ2n) is 9.31. The number of nitriles is 1. The van der Waals surface area contributed by atoms with Gasteiger partial charge in [0.05, 0.1) is 12.5 Å². The molecular formula is C24H31N5O7S3. The van der Waals surface area contributed by atoms with Crippen LogP contribution < -0.4 is 5.48 Å². The van der Waals surface area contributed by atoms with E-state index in [4.69, 9.17) is 14.8 Å². The Morgan fingerprint density at radius 2 is 1.90 bits per heavy atom. The molecule has 2 aromatic rings. The fraction of sp³-hybridized carbons (Fsp3) is 0.500. The second-order valence-corrected chi connectivity index (χ2v) is 14.7. The monoisotopic (exact) mass is 597 g/mol. The van der Waals surface area contributed by atoms with E-state index in [2.05, 4.69) is 11.5 Å². The SMILES string of the molecule is CN(C)S(=O)(=O)N1CCN(S(=O)(=O)c2ccc(-c3ccc(CC#N)cc3)s2)C(C(=O)NOC2CCCCO2)C1. The first-order chi connectivity index (χ1) is 18.5. The van der Waals surface area contributed by atoms with Crippen molar-refractivity contribution in [3.05, 3.63) is 42.0 Å². The molecule has 1 aromatic carbocycles. The molecule has 39 heavy (non-hydrogen) atoms. The highest BCUT2D eigenvalue weighted by Gasteiger charge is 2.44. The third-order valence-corrected chi connectivity index (χ3v) is 11.9. The van der Waals surface area contributed by atoms with Crippen molar-refractivity contribution in [2.75, 3.05) is 40.3 Å². The van der Waals surface area contributed by atoms with Gasteiger partial charge in [-0.1, -0.05) is 24.3 Å². The minimum atomic E-state index is -4.17. The number of hydroxylamine groups is 1. The summed E-state index contributed by atoms with van der Waals surface area (Å²) in [5.74, 6) is -0.781. The first kappa shape index (κ1) is 29.6. The number of hydrogen-bond donors (Lipinski definition) is 1. The van der Waals surface area contributed by atoms with Gasteiger partial charge in [-0.3, -0.25) is 4.79 Å². The van der Waals surface area contributed by atoms with Crippen LogP contribution in [0.25, 0.3) is 10.4 Å². The molecule has 3 heterocycles. The molecule has 12 nitrogen and oxygen atoms in total. The maximum absolute atomic E-state index is 13.8. The largest absolute Gasteiger partial charge is 0.350 e. The van der Waals surface area contributed by atoms with Gasteiger partial charge in [0, 0.05) is 51.6 Å². The molecular weight excluding hydrogens is 566 g/mol. The molecule has 0 saturated carbocycles. The highest BCUT2D eigenvalue weighted by Crippen LogP contribution is 2.34. The van der Waals surface area contributed by atoms with Gasteiger partial charge >= 0.3 is 0 Å². The minimum absolute atomic E-state index is 0.0249. The quantitative estimate of drug-likeness (QED) is 0.428. The van der Waals surface area contributed by atoms with Crippen molar-refractivity contribution in [3.8, 4) is 16.5 Å². The Hall–Kier alpha value is -2.42. The average molecular weight is 598 g/mol. The normalized spacial score (nSPS) is 21.5. The summed E-state index contributed by atoms with van der Waals surface area (Å²) in [6.45, 7) is -0.224. The fourth-order valence-corrected chi connectivity index (χ4v) is 8.40. The number of thiophene rings is 1. The third-order valence-electron chi connectivity index (χ3n) is 6.48. The summed E-state index contributed by atoms with van der Waals surface area (Å²) >= 11 is 1.05. The molecule has 1 N–H and O–H groups in total. The summed E-state index contributed by atoms with van der Waals surface area (Å²) in [4.78, 5) is 19.3. The molecule has 2 aliphatic rings. The molecule has 2 unspecified atom stereocenters. The molecule has 1 amide bonds. The maximum atomic E-state index is 13.8. The Morgan fingerprint density at radius 3 is 2.54 bits per heavy atom. The number of sulfonamides is 1. The Morgan fingerprint density at radius 1 is 1.15 bits per heavy atom. The number of ether oxygens (including phenoxy) is 1. The Kier molecular flexibility index (Phi) is 9.40. The number of nitrogens with one attached hydrogen (secondary N) is 1. The van der Waals surface area contributed by atoms with Crippen molar-refractivity contribution in [2.24, 2.45) is 0 Å². The van der Waals surface area contributed by atoms with Crippen LogP contribution in [0.3, 0.4) is 0 Å². The summed E-state index contributed by atoms with van der Waals surface area (Å²) < 4.78 is 61.7. The number of rotatable bonds is 9. The summed E-state index contributed by atoms with van der Waals surface area (Å²) in [6, 6.07) is 11.1. The van der Waals surface area contributed by atoms with Gasteiger partial charge in [-0.05, 0) is 36.1 Å². The first-order valence-corrected chi connectivity index (χ1v) is 16.0. The van der Waals surface area contributed by atoms with Crippen molar-refractivity contribution in [1.29, 1.82) is 5.26 Å². The Labute approximate surface area is 232 Å². The highest BCUT2D eigenvalue weighted by atomic mass is 32.2. The van der Waals surface area contributed by atoms with Crippen LogP contribution in [0.5, 0.6) is 0 Å². The van der Waals surface area contributed by atoms with Gasteiger partial charge in [0.15, 0.2) is 6.29 Å². The molecule has 4 rings (SSSR count). The van der Waals surface area contributed by atoms with E-state index in [9.17, 15) is 21.6 Å². The first-order valence-electron chi connectivity index (χ1n) is 12.4. The number of piperazine rings is 1. The zero-order chi connectivity index (χ0) is 28.2. The summed E-state index contributed by atoms with van der Waals surface area (Å²) in [6.07, 6.45) is 1.94. The molecule has 1 aromatic heterocycles. The number of carbonyl (C=O) groups is 1. The zero-order valence-electron chi connectivity index (χ0n) is 21.6. The van der Waals surface area contributed by atoms with Crippen molar-refractivity contribution in [1.82, 2.24) is 18.4 Å². The number of benzene rings is 1. The summed E-state index contributed by atoms with van der Waals surface area (Å²) in [5.41, 5.74) is 3.94. The van der Waals surface area contributed by atoms with E-state index in [-0.39, 0.29) is 30.3 Å². The number of hydrogen-bond acceptors (Lipinski definition) is 9. The standard InChI is InChI=1S/C24H31N5O7S3/c1-27(2)39(33,34)28-14-15-29(20(17-28)24(30)26-36-22-5-3-4-16-35-22)38(31,32)23-11-10-21(37-23)19-8-6-18(7-9-19)12-13-25/h6-11,20,22H,3-5,12,14-17H2,1-2H3,(H,26,30). The van der Waals surface area contributed by atoms with Crippen LogP contribution in [0.4, 0.5) is 0 Å². The highest BCUT2D eigenvalue weighted by molar-refractivity contribution is 7.91.